The fourth-order valence-corrected chi connectivity index (χ4v) is 1.98. The van der Waals surface area contributed by atoms with Crippen LogP contribution in [0, 0.1) is 6.08 Å². The summed E-state index contributed by atoms with van der Waals surface area (Å²) in [6.07, 6.45) is 1.01. The quantitative estimate of drug-likeness (QED) is 0.525. The van der Waals surface area contributed by atoms with Gasteiger partial charge in [-0.1, -0.05) is 17.8 Å². The smallest absolute Gasteiger partial charge is 0.272 e. The third-order valence-electron chi connectivity index (χ3n) is 2.94. The molecule has 121 valence electrons. The van der Waals surface area contributed by atoms with Crippen molar-refractivity contribution in [3.05, 3.63) is 60.3 Å². The average molecular weight is 401 g/mol. The predicted octanol–water partition coefficient (Wildman–Crippen LogP) is 4.12. The summed E-state index contributed by atoms with van der Waals surface area (Å²) in [7, 11) is 0. The summed E-state index contributed by atoms with van der Waals surface area (Å²) in [4.78, 5) is 1.36. The zero-order valence-corrected chi connectivity index (χ0v) is 15.0. The number of allylic oxidation sites excluding steroid dienone is 3. The standard InChI is InChI=1S/C16H14F4NO.Y/c1-11-3-2-4-14(21(11)9-15(17)18)12-5-7-13(8-6-12)22-10-16(19)20;/h2-3,5-8,15-16H,1,9-10H2;/q-1;. The Labute approximate surface area is 157 Å². The maximum absolute atomic E-state index is 12.7. The van der Waals surface area contributed by atoms with Crippen molar-refractivity contribution in [1.29, 1.82) is 0 Å². The fourth-order valence-electron chi connectivity index (χ4n) is 1.98. The topological polar surface area (TPSA) is 12.5 Å². The summed E-state index contributed by atoms with van der Waals surface area (Å²) in [5.74, 6) is 0.287. The van der Waals surface area contributed by atoms with E-state index in [1.807, 2.05) is 0 Å². The Balaban J connectivity index is 0.00000264. The third kappa shape index (κ3) is 5.77. The second kappa shape index (κ2) is 9.23. The summed E-state index contributed by atoms with van der Waals surface area (Å²) in [5.41, 5.74) is 1.51. The van der Waals surface area contributed by atoms with Gasteiger partial charge in [0.15, 0.2) is 0 Å². The zero-order valence-electron chi connectivity index (χ0n) is 12.2. The van der Waals surface area contributed by atoms with Crippen molar-refractivity contribution in [2.45, 2.75) is 12.9 Å². The minimum absolute atomic E-state index is 0. The number of alkyl halides is 4. The molecule has 0 spiro atoms. The molecule has 0 atom stereocenters. The zero-order chi connectivity index (χ0) is 16.1. The number of hydrogen-bond acceptors (Lipinski definition) is 2. The minimum Gasteiger partial charge on any atom is -0.488 e. The van der Waals surface area contributed by atoms with Crippen LogP contribution in [0.25, 0.3) is 5.70 Å². The van der Waals surface area contributed by atoms with Crippen molar-refractivity contribution in [1.82, 2.24) is 4.90 Å². The minimum atomic E-state index is -2.55. The van der Waals surface area contributed by atoms with Gasteiger partial charge in [0, 0.05) is 32.7 Å². The fraction of sp³-hybridized carbons (Fsp3) is 0.250. The maximum atomic E-state index is 12.7. The summed E-state index contributed by atoms with van der Waals surface area (Å²) in [6, 6.07) is 6.23. The molecule has 0 N–H and O–H groups in total. The first-order valence-corrected chi connectivity index (χ1v) is 6.53. The van der Waals surface area contributed by atoms with E-state index in [1.54, 1.807) is 24.3 Å². The van der Waals surface area contributed by atoms with E-state index < -0.39 is 26.0 Å². The monoisotopic (exact) mass is 401 g/mol. The Morgan fingerprint density at radius 2 is 1.74 bits per heavy atom. The van der Waals surface area contributed by atoms with Crippen molar-refractivity contribution in [3.63, 3.8) is 0 Å². The van der Waals surface area contributed by atoms with Crippen LogP contribution >= 0.6 is 0 Å². The molecule has 1 aliphatic rings. The molecule has 0 amide bonds. The SMILES string of the molecule is C=C1C=C[C-]=C(c2ccc(OCC(F)F)cc2)N1CC(F)F.[Y]. The van der Waals surface area contributed by atoms with E-state index in [0.29, 0.717) is 17.0 Å². The number of ether oxygens (including phenoxy) is 1. The van der Waals surface area contributed by atoms with Crippen LogP contribution in [-0.2, 0) is 32.7 Å². The number of halogens is 4. The van der Waals surface area contributed by atoms with Crippen molar-refractivity contribution in [3.8, 4) is 5.75 Å². The molecule has 0 unspecified atom stereocenters. The van der Waals surface area contributed by atoms with E-state index >= 15 is 0 Å². The van der Waals surface area contributed by atoms with Gasteiger partial charge >= 0.3 is 0 Å². The van der Waals surface area contributed by atoms with Gasteiger partial charge in [-0.25, -0.2) is 17.6 Å². The first-order valence-electron chi connectivity index (χ1n) is 6.53. The summed E-state index contributed by atoms with van der Waals surface area (Å²) < 4.78 is 54.4. The Kier molecular flexibility index (Phi) is 7.99. The van der Waals surface area contributed by atoms with Gasteiger partial charge in [-0.05, 0) is 17.8 Å². The number of hydrogen-bond donors (Lipinski definition) is 0. The molecule has 1 aromatic rings. The molecule has 0 saturated carbocycles. The second-order valence-electron chi connectivity index (χ2n) is 4.55. The summed E-state index contributed by atoms with van der Waals surface area (Å²) in [5, 5.41) is 0. The van der Waals surface area contributed by atoms with E-state index in [9.17, 15) is 17.6 Å². The predicted molar refractivity (Wildman–Crippen MR) is 75.6 cm³/mol. The Bertz CT molecular complexity index is 584. The largest absolute Gasteiger partial charge is 0.488 e. The van der Waals surface area contributed by atoms with E-state index in [0.717, 1.165) is 0 Å². The van der Waals surface area contributed by atoms with Crippen LogP contribution in [0.4, 0.5) is 17.6 Å². The van der Waals surface area contributed by atoms with Crippen molar-refractivity contribution < 1.29 is 55.0 Å². The van der Waals surface area contributed by atoms with Crippen molar-refractivity contribution in [2.75, 3.05) is 13.2 Å². The molecule has 0 bridgehead atoms. The van der Waals surface area contributed by atoms with Crippen molar-refractivity contribution >= 4 is 5.70 Å². The van der Waals surface area contributed by atoms with Gasteiger partial charge in [-0.3, -0.25) is 0 Å². The second-order valence-corrected chi connectivity index (χ2v) is 4.55. The molecule has 2 nitrogen and oxygen atoms in total. The average Bonchev–Trinajstić information content (AvgIpc) is 2.47. The van der Waals surface area contributed by atoms with Gasteiger partial charge in [-0.2, -0.15) is 12.2 Å². The van der Waals surface area contributed by atoms with Crippen LogP contribution < -0.4 is 4.74 Å². The van der Waals surface area contributed by atoms with Crippen LogP contribution in [-0.4, -0.2) is 30.9 Å². The molecule has 0 fully saturated rings. The van der Waals surface area contributed by atoms with Crippen LogP contribution in [0.3, 0.4) is 0 Å². The molecule has 1 aromatic carbocycles. The summed E-state index contributed by atoms with van der Waals surface area (Å²) >= 11 is 0. The molecule has 0 aliphatic carbocycles. The molecular formula is C16H14F4NOY-. The van der Waals surface area contributed by atoms with E-state index in [4.69, 9.17) is 4.74 Å². The van der Waals surface area contributed by atoms with E-state index in [2.05, 4.69) is 12.7 Å². The van der Waals surface area contributed by atoms with Gasteiger partial charge in [0.1, 0.15) is 12.4 Å². The molecule has 1 heterocycles. The molecule has 2 rings (SSSR count). The van der Waals surface area contributed by atoms with Crippen LogP contribution in [0.15, 0.2) is 48.7 Å². The van der Waals surface area contributed by atoms with Gasteiger partial charge in [0.25, 0.3) is 12.9 Å². The molecule has 1 radical (unpaired) electrons. The Morgan fingerprint density at radius 1 is 1.09 bits per heavy atom. The molecular weight excluding hydrogens is 387 g/mol. The maximum Gasteiger partial charge on any atom is 0.272 e. The third-order valence-corrected chi connectivity index (χ3v) is 2.94. The van der Waals surface area contributed by atoms with Crippen molar-refractivity contribution in [2.24, 2.45) is 0 Å². The van der Waals surface area contributed by atoms with Crippen LogP contribution in [0.1, 0.15) is 5.56 Å². The number of rotatable bonds is 6. The molecule has 7 heteroatoms. The number of nitrogens with zero attached hydrogens (tertiary/aromatic N) is 1. The normalized spacial score (nSPS) is 14.1. The van der Waals surface area contributed by atoms with E-state index in [-0.39, 0.29) is 38.5 Å². The first-order chi connectivity index (χ1) is 10.5. The van der Waals surface area contributed by atoms with Gasteiger partial charge in [0.05, 0.1) is 6.54 Å². The molecule has 0 aromatic heterocycles. The van der Waals surface area contributed by atoms with E-state index in [1.165, 1.54) is 17.0 Å². The van der Waals surface area contributed by atoms with Gasteiger partial charge in [0.2, 0.25) is 0 Å². The Hall–Kier alpha value is -1.14. The molecule has 0 saturated heterocycles. The first kappa shape index (κ1) is 19.9. The van der Waals surface area contributed by atoms with Gasteiger partial charge < -0.3 is 9.64 Å². The Morgan fingerprint density at radius 3 is 2.30 bits per heavy atom. The molecule has 1 aliphatic heterocycles. The summed E-state index contributed by atoms with van der Waals surface area (Å²) in [6.45, 7) is 2.55. The van der Waals surface area contributed by atoms with Gasteiger partial charge in [-0.15, -0.1) is 18.2 Å². The van der Waals surface area contributed by atoms with Crippen LogP contribution in [0.2, 0.25) is 0 Å². The number of benzene rings is 1. The van der Waals surface area contributed by atoms with Crippen LogP contribution in [0.5, 0.6) is 5.75 Å². The molecule has 23 heavy (non-hydrogen) atoms.